The molecule has 0 aliphatic rings. The Hall–Kier alpha value is -1.55. The smallest absolute Gasteiger partial charge is 0.407 e. The number of hydrogen-bond donors (Lipinski definition) is 1. The number of carbonyl (C=O) groups is 1. The average Bonchev–Trinajstić information content (AvgIpc) is 2.31. The lowest BCUT2D eigenvalue weighted by Crippen LogP contribution is -2.32. The predicted octanol–water partition coefficient (Wildman–Crippen LogP) is 3.97. The van der Waals surface area contributed by atoms with E-state index in [0.29, 0.717) is 11.7 Å². The lowest BCUT2D eigenvalue weighted by molar-refractivity contribution is 0.0529. The standard InChI is InChI=1S/C15H21ClN2O2/c1-11-9-12(10-18-13(11)16)7-5-6-8-17-14(19)20-15(2,3)4/h5,7,9-10H,6,8H2,1-4H3,(H,17,19). The van der Waals surface area contributed by atoms with Gasteiger partial charge >= 0.3 is 6.09 Å². The van der Waals surface area contributed by atoms with Gasteiger partial charge in [0, 0.05) is 12.7 Å². The van der Waals surface area contributed by atoms with Crippen molar-refractivity contribution in [3.05, 3.63) is 34.6 Å². The third kappa shape index (κ3) is 6.57. The fraction of sp³-hybridized carbons (Fsp3) is 0.467. The highest BCUT2D eigenvalue weighted by Gasteiger charge is 2.15. The van der Waals surface area contributed by atoms with Crippen LogP contribution in [0.1, 0.15) is 38.3 Å². The summed E-state index contributed by atoms with van der Waals surface area (Å²) in [6.45, 7) is 7.95. The highest BCUT2D eigenvalue weighted by Crippen LogP contribution is 2.13. The molecule has 0 fully saturated rings. The van der Waals surface area contributed by atoms with Crippen LogP contribution in [0.4, 0.5) is 4.79 Å². The molecule has 0 bridgehead atoms. The van der Waals surface area contributed by atoms with E-state index in [1.165, 1.54) is 0 Å². The number of amides is 1. The largest absolute Gasteiger partial charge is 0.444 e. The molecule has 1 aromatic heterocycles. The lowest BCUT2D eigenvalue weighted by atomic mass is 10.2. The van der Waals surface area contributed by atoms with E-state index in [-0.39, 0.29) is 0 Å². The van der Waals surface area contributed by atoms with Gasteiger partial charge in [0.25, 0.3) is 0 Å². The lowest BCUT2D eigenvalue weighted by Gasteiger charge is -2.19. The number of ether oxygens (including phenoxy) is 1. The molecule has 1 rings (SSSR count). The molecule has 0 atom stereocenters. The Morgan fingerprint density at radius 2 is 2.20 bits per heavy atom. The van der Waals surface area contributed by atoms with E-state index in [2.05, 4.69) is 10.3 Å². The Morgan fingerprint density at radius 3 is 2.80 bits per heavy atom. The number of aromatic nitrogens is 1. The molecule has 5 heteroatoms. The SMILES string of the molecule is Cc1cc(C=CCCNC(=O)OC(C)(C)C)cnc1Cl. The van der Waals surface area contributed by atoms with Gasteiger partial charge in [0.2, 0.25) is 0 Å². The third-order valence-electron chi connectivity index (χ3n) is 2.33. The van der Waals surface area contributed by atoms with Crippen LogP contribution in [0, 0.1) is 6.92 Å². The summed E-state index contributed by atoms with van der Waals surface area (Å²) >= 11 is 5.86. The summed E-state index contributed by atoms with van der Waals surface area (Å²) in [5.74, 6) is 0. The third-order valence-corrected chi connectivity index (χ3v) is 2.72. The summed E-state index contributed by atoms with van der Waals surface area (Å²) in [5.41, 5.74) is 1.47. The van der Waals surface area contributed by atoms with Crippen molar-refractivity contribution in [3.8, 4) is 0 Å². The Labute approximate surface area is 125 Å². The summed E-state index contributed by atoms with van der Waals surface area (Å²) in [4.78, 5) is 15.5. The van der Waals surface area contributed by atoms with Crippen molar-refractivity contribution in [1.29, 1.82) is 0 Å². The van der Waals surface area contributed by atoms with Gasteiger partial charge in [0.15, 0.2) is 0 Å². The maximum Gasteiger partial charge on any atom is 0.407 e. The summed E-state index contributed by atoms with van der Waals surface area (Å²) in [6.07, 6.45) is 5.97. The van der Waals surface area contributed by atoms with Gasteiger partial charge < -0.3 is 10.1 Å². The Kier molecular flexibility index (Phi) is 6.02. The Bertz CT molecular complexity index is 493. The molecule has 0 spiro atoms. The zero-order chi connectivity index (χ0) is 15.2. The second-order valence-electron chi connectivity index (χ2n) is 5.50. The first kappa shape index (κ1) is 16.5. The van der Waals surface area contributed by atoms with Crippen molar-refractivity contribution in [1.82, 2.24) is 10.3 Å². The van der Waals surface area contributed by atoms with Crippen molar-refractivity contribution in [2.45, 2.75) is 39.7 Å². The minimum Gasteiger partial charge on any atom is -0.444 e. The molecule has 0 radical (unpaired) electrons. The zero-order valence-corrected chi connectivity index (χ0v) is 13.1. The number of pyridine rings is 1. The molecule has 110 valence electrons. The molecule has 20 heavy (non-hydrogen) atoms. The van der Waals surface area contributed by atoms with E-state index in [1.807, 2.05) is 45.9 Å². The fourth-order valence-electron chi connectivity index (χ4n) is 1.46. The first-order valence-electron chi connectivity index (χ1n) is 6.53. The van der Waals surface area contributed by atoms with Crippen molar-refractivity contribution < 1.29 is 9.53 Å². The molecule has 1 amide bonds. The van der Waals surface area contributed by atoms with Gasteiger partial charge in [-0.05, 0) is 51.3 Å². The van der Waals surface area contributed by atoms with E-state index < -0.39 is 11.7 Å². The van der Waals surface area contributed by atoms with E-state index in [9.17, 15) is 4.79 Å². The molecule has 0 saturated heterocycles. The van der Waals surface area contributed by atoms with Crippen molar-refractivity contribution in [3.63, 3.8) is 0 Å². The average molecular weight is 297 g/mol. The first-order valence-corrected chi connectivity index (χ1v) is 6.91. The Morgan fingerprint density at radius 1 is 1.50 bits per heavy atom. The minimum atomic E-state index is -0.466. The summed E-state index contributed by atoms with van der Waals surface area (Å²) in [7, 11) is 0. The molecule has 1 heterocycles. The van der Waals surface area contributed by atoms with Crippen LogP contribution in [0.15, 0.2) is 18.3 Å². The maximum atomic E-state index is 11.4. The van der Waals surface area contributed by atoms with E-state index >= 15 is 0 Å². The molecular weight excluding hydrogens is 276 g/mol. The quantitative estimate of drug-likeness (QED) is 0.675. The number of hydrogen-bond acceptors (Lipinski definition) is 3. The number of nitrogens with one attached hydrogen (secondary N) is 1. The van der Waals surface area contributed by atoms with Crippen LogP contribution in [-0.4, -0.2) is 23.2 Å². The van der Waals surface area contributed by atoms with Crippen LogP contribution < -0.4 is 5.32 Å². The monoisotopic (exact) mass is 296 g/mol. The number of rotatable bonds is 4. The highest BCUT2D eigenvalue weighted by atomic mass is 35.5. The maximum absolute atomic E-state index is 11.4. The molecule has 0 aliphatic heterocycles. The van der Waals surface area contributed by atoms with Gasteiger partial charge in [-0.25, -0.2) is 9.78 Å². The van der Waals surface area contributed by atoms with Crippen LogP contribution in [0.2, 0.25) is 5.15 Å². The van der Waals surface area contributed by atoms with Crippen molar-refractivity contribution >= 4 is 23.8 Å². The van der Waals surface area contributed by atoms with Gasteiger partial charge in [0.1, 0.15) is 10.8 Å². The van der Waals surface area contributed by atoms with Crippen molar-refractivity contribution in [2.75, 3.05) is 6.54 Å². The van der Waals surface area contributed by atoms with E-state index in [1.54, 1.807) is 6.20 Å². The molecule has 1 aromatic rings. The van der Waals surface area contributed by atoms with Crippen molar-refractivity contribution in [2.24, 2.45) is 0 Å². The normalized spacial score (nSPS) is 11.7. The molecular formula is C15H21ClN2O2. The second-order valence-corrected chi connectivity index (χ2v) is 5.85. The number of alkyl carbamates (subject to hydrolysis) is 1. The van der Waals surface area contributed by atoms with E-state index in [0.717, 1.165) is 17.5 Å². The predicted molar refractivity (Wildman–Crippen MR) is 81.9 cm³/mol. The first-order chi connectivity index (χ1) is 9.28. The fourth-order valence-corrected chi connectivity index (χ4v) is 1.57. The molecule has 0 aliphatic carbocycles. The summed E-state index contributed by atoms with van der Waals surface area (Å²) in [6, 6.07) is 1.97. The highest BCUT2D eigenvalue weighted by molar-refractivity contribution is 6.30. The van der Waals surface area contributed by atoms with Gasteiger partial charge in [-0.1, -0.05) is 23.8 Å². The molecule has 0 unspecified atom stereocenters. The number of halogens is 1. The van der Waals surface area contributed by atoms with Gasteiger partial charge in [0.05, 0.1) is 0 Å². The molecule has 4 nitrogen and oxygen atoms in total. The van der Waals surface area contributed by atoms with Crippen LogP contribution in [0.25, 0.3) is 6.08 Å². The number of nitrogens with zero attached hydrogens (tertiary/aromatic N) is 1. The van der Waals surface area contributed by atoms with Crippen LogP contribution in [-0.2, 0) is 4.74 Å². The Balaban J connectivity index is 2.32. The van der Waals surface area contributed by atoms with Gasteiger partial charge in [-0.2, -0.15) is 0 Å². The van der Waals surface area contributed by atoms with Crippen LogP contribution in [0.5, 0.6) is 0 Å². The number of aryl methyl sites for hydroxylation is 1. The van der Waals surface area contributed by atoms with Gasteiger partial charge in [-0.15, -0.1) is 0 Å². The molecule has 1 N–H and O–H groups in total. The summed E-state index contributed by atoms with van der Waals surface area (Å²) < 4.78 is 5.13. The van der Waals surface area contributed by atoms with Gasteiger partial charge in [-0.3, -0.25) is 0 Å². The molecule has 0 saturated carbocycles. The molecule has 0 aromatic carbocycles. The minimum absolute atomic E-state index is 0.394. The topological polar surface area (TPSA) is 51.2 Å². The van der Waals surface area contributed by atoms with E-state index in [4.69, 9.17) is 16.3 Å². The van der Waals surface area contributed by atoms with Crippen LogP contribution in [0.3, 0.4) is 0 Å². The van der Waals surface area contributed by atoms with Crippen LogP contribution >= 0.6 is 11.6 Å². The number of carbonyl (C=O) groups excluding carboxylic acids is 1. The summed E-state index contributed by atoms with van der Waals surface area (Å²) in [5, 5.41) is 3.22. The zero-order valence-electron chi connectivity index (χ0n) is 12.4. The second kappa shape index (κ2) is 7.29.